The Bertz CT molecular complexity index is 669. The molecule has 9 heteroatoms. The van der Waals surface area contributed by atoms with E-state index in [9.17, 15) is 9.59 Å². The van der Waals surface area contributed by atoms with Gasteiger partial charge in [0, 0.05) is 31.6 Å². The average molecular weight is 421 g/mol. The summed E-state index contributed by atoms with van der Waals surface area (Å²) in [6, 6.07) is 2.39. The van der Waals surface area contributed by atoms with Crippen LogP contribution in [0.5, 0.6) is 11.5 Å². The Balaban J connectivity index is -0.000000134. The molecule has 128 valence electrons. The molecule has 2 N–H and O–H groups in total. The quantitative estimate of drug-likeness (QED) is 0.541. The maximum absolute atomic E-state index is 10.6. The van der Waals surface area contributed by atoms with Crippen LogP contribution in [0.2, 0.25) is 0 Å². The van der Waals surface area contributed by atoms with E-state index in [4.69, 9.17) is 26.2 Å². The molecule has 0 unspecified atom stereocenters. The fourth-order valence-electron chi connectivity index (χ4n) is 1.01. The summed E-state index contributed by atoms with van der Waals surface area (Å²) in [5, 5.41) is 17.3. The summed E-state index contributed by atoms with van der Waals surface area (Å²) in [5.74, 6) is 0.243. The number of aryl methyl sites for hydroxylation is 1. The van der Waals surface area contributed by atoms with Crippen molar-refractivity contribution in [3.63, 3.8) is 0 Å². The topological polar surface area (TPSA) is 101 Å². The summed E-state index contributed by atoms with van der Waals surface area (Å²) in [7, 11) is 0. The van der Waals surface area contributed by atoms with Gasteiger partial charge in [-0.3, -0.25) is 9.59 Å². The first-order valence-corrected chi connectivity index (χ1v) is 5.62. The van der Waals surface area contributed by atoms with E-state index >= 15 is 0 Å². The maximum Gasteiger partial charge on any atom is 0.226 e. The van der Waals surface area contributed by atoms with Crippen LogP contribution < -0.4 is 10.9 Å². The van der Waals surface area contributed by atoms with Gasteiger partial charge in [-0.15, -0.1) is 24.0 Å². The molecule has 2 aromatic heterocycles. The molecule has 0 saturated carbocycles. The van der Waals surface area contributed by atoms with Crippen LogP contribution >= 0.6 is 24.0 Å². The summed E-state index contributed by atoms with van der Waals surface area (Å²) < 4.78 is 9.39. The van der Waals surface area contributed by atoms with Crippen molar-refractivity contribution in [2.24, 2.45) is 0 Å². The Morgan fingerprint density at radius 3 is 1.78 bits per heavy atom. The molecular formula is C14H20Cl2O6Zn. The molecule has 0 aliphatic carbocycles. The predicted octanol–water partition coefficient (Wildman–Crippen LogP) is 3.43. The zero-order chi connectivity index (χ0) is 14.4. The predicted molar refractivity (Wildman–Crippen MR) is 88.3 cm³/mol. The molecule has 0 aliphatic rings. The minimum Gasteiger partial charge on any atom is -0.502 e. The first kappa shape index (κ1) is 29.7. The molecule has 23 heavy (non-hydrogen) atoms. The van der Waals surface area contributed by atoms with E-state index in [1.165, 1.54) is 6.07 Å². The van der Waals surface area contributed by atoms with Gasteiger partial charge in [0.1, 0.15) is 24.0 Å². The van der Waals surface area contributed by atoms with Crippen molar-refractivity contribution in [2.75, 3.05) is 0 Å². The Labute approximate surface area is 158 Å². The van der Waals surface area contributed by atoms with Crippen molar-refractivity contribution in [3.05, 3.63) is 56.6 Å². The second kappa shape index (κ2) is 14.3. The monoisotopic (exact) mass is 418 g/mol. The Morgan fingerprint density at radius 1 is 1.00 bits per heavy atom. The Hall–Kier alpha value is -1.30. The smallest absolute Gasteiger partial charge is 0.226 e. The molecular weight excluding hydrogens is 400 g/mol. The van der Waals surface area contributed by atoms with Crippen LogP contribution in [-0.2, 0) is 25.4 Å². The Kier molecular flexibility index (Phi) is 18.5. The number of aromatic hydroxyl groups is 2. The van der Waals surface area contributed by atoms with Gasteiger partial charge in [0.05, 0.1) is 5.88 Å². The van der Waals surface area contributed by atoms with Gasteiger partial charge < -0.3 is 19.0 Å². The molecule has 0 amide bonds. The van der Waals surface area contributed by atoms with Crippen LogP contribution in [0.3, 0.4) is 0 Å². The van der Waals surface area contributed by atoms with E-state index < -0.39 is 16.6 Å². The van der Waals surface area contributed by atoms with Crippen LogP contribution in [0.15, 0.2) is 43.1 Å². The van der Waals surface area contributed by atoms with Crippen molar-refractivity contribution in [1.82, 2.24) is 0 Å². The first-order chi connectivity index (χ1) is 8.93. The second-order valence-corrected chi connectivity index (χ2v) is 3.74. The van der Waals surface area contributed by atoms with E-state index in [-0.39, 0.29) is 58.4 Å². The molecule has 2 aromatic rings. The van der Waals surface area contributed by atoms with E-state index in [0.29, 0.717) is 11.5 Å². The minimum absolute atomic E-state index is 0. The van der Waals surface area contributed by atoms with Crippen molar-refractivity contribution < 1.29 is 38.5 Å². The molecule has 0 radical (unpaired) electrons. The SMILES string of the molecule is C.C.Cc1cc(=O)c(O)co1.Cl.O=c1cc(CCl)occ1O.[Zn]. The number of halogens is 2. The van der Waals surface area contributed by atoms with Crippen molar-refractivity contribution in [1.29, 1.82) is 0 Å². The molecule has 0 aromatic carbocycles. The van der Waals surface area contributed by atoms with Crippen LogP contribution in [0.1, 0.15) is 26.4 Å². The van der Waals surface area contributed by atoms with E-state index in [1.54, 1.807) is 6.92 Å². The average Bonchev–Trinajstić information content (AvgIpc) is 2.38. The van der Waals surface area contributed by atoms with Gasteiger partial charge >= 0.3 is 0 Å². The summed E-state index contributed by atoms with van der Waals surface area (Å²) in [4.78, 5) is 21.2. The van der Waals surface area contributed by atoms with Gasteiger partial charge in [0.15, 0.2) is 11.5 Å². The third kappa shape index (κ3) is 10.2. The standard InChI is InChI=1S/C6H5ClO3.C6H6O3.2CH4.ClH.Zn/c7-2-4-1-5(8)6(9)3-10-4;1-4-2-5(7)6(8)3-9-4;;;;/h1,3,9H,2H2;2-3,8H,1H3;2*1H4;1H;. The number of hydrogen-bond acceptors (Lipinski definition) is 6. The maximum atomic E-state index is 10.6. The molecule has 0 saturated heterocycles. The van der Waals surface area contributed by atoms with Crippen LogP contribution in [0, 0.1) is 6.92 Å². The fraction of sp³-hybridized carbons (Fsp3) is 0.286. The third-order valence-corrected chi connectivity index (χ3v) is 2.20. The third-order valence-electron chi connectivity index (χ3n) is 1.94. The van der Waals surface area contributed by atoms with Gasteiger partial charge in [-0.2, -0.15) is 0 Å². The van der Waals surface area contributed by atoms with Gasteiger partial charge in [-0.1, -0.05) is 14.9 Å². The molecule has 0 atom stereocenters. The summed E-state index contributed by atoms with van der Waals surface area (Å²) in [5.41, 5.74) is -0.874. The zero-order valence-electron chi connectivity index (χ0n) is 11.0. The Morgan fingerprint density at radius 2 is 1.43 bits per heavy atom. The molecule has 0 aliphatic heterocycles. The number of hydrogen-bond donors (Lipinski definition) is 2. The van der Waals surface area contributed by atoms with E-state index in [0.717, 1.165) is 18.6 Å². The van der Waals surface area contributed by atoms with Crippen molar-refractivity contribution in [2.45, 2.75) is 27.7 Å². The van der Waals surface area contributed by atoms with Gasteiger partial charge in [-0.25, -0.2) is 0 Å². The number of alkyl halides is 1. The molecule has 0 spiro atoms. The van der Waals surface area contributed by atoms with E-state index in [1.807, 2.05) is 0 Å². The molecule has 6 nitrogen and oxygen atoms in total. The second-order valence-electron chi connectivity index (χ2n) is 3.47. The first-order valence-electron chi connectivity index (χ1n) is 5.09. The van der Waals surface area contributed by atoms with Gasteiger partial charge in [0.25, 0.3) is 0 Å². The van der Waals surface area contributed by atoms with E-state index in [2.05, 4.69) is 4.42 Å². The molecule has 2 rings (SSSR count). The molecule has 2 heterocycles. The van der Waals surface area contributed by atoms with Crippen molar-refractivity contribution >= 4 is 24.0 Å². The normalized spacial score (nSPS) is 7.91. The molecule has 0 bridgehead atoms. The van der Waals surface area contributed by atoms with Crippen LogP contribution in [0.25, 0.3) is 0 Å². The van der Waals surface area contributed by atoms with Gasteiger partial charge in [-0.05, 0) is 6.92 Å². The fourth-order valence-corrected chi connectivity index (χ4v) is 1.15. The van der Waals surface area contributed by atoms with Crippen molar-refractivity contribution in [3.8, 4) is 11.5 Å². The summed E-state index contributed by atoms with van der Waals surface area (Å²) >= 11 is 5.34. The largest absolute Gasteiger partial charge is 0.502 e. The number of rotatable bonds is 1. The van der Waals surface area contributed by atoms with Crippen LogP contribution in [-0.4, -0.2) is 10.2 Å². The zero-order valence-corrected chi connectivity index (χ0v) is 15.6. The van der Waals surface area contributed by atoms with Gasteiger partial charge in [0.2, 0.25) is 10.9 Å². The summed E-state index contributed by atoms with van der Waals surface area (Å²) in [6.45, 7) is 1.64. The minimum atomic E-state index is -0.470. The molecule has 0 fully saturated rings. The summed E-state index contributed by atoms with van der Waals surface area (Å²) in [6.07, 6.45) is 2.00. The van der Waals surface area contributed by atoms with Crippen LogP contribution in [0.4, 0.5) is 0 Å².